The third-order valence-electron chi connectivity index (χ3n) is 6.35. The Labute approximate surface area is 192 Å². The highest BCUT2D eigenvalue weighted by Gasteiger charge is 2.32. The van der Waals surface area contributed by atoms with E-state index in [0.29, 0.717) is 37.4 Å². The highest BCUT2D eigenvalue weighted by Crippen LogP contribution is 2.35. The summed E-state index contributed by atoms with van der Waals surface area (Å²) < 4.78 is 44.4. The largest absolute Gasteiger partial charge is 0.461 e. The summed E-state index contributed by atoms with van der Waals surface area (Å²) in [5, 5.41) is 0. The molecule has 33 heavy (non-hydrogen) atoms. The van der Waals surface area contributed by atoms with Gasteiger partial charge in [-0.1, -0.05) is 30.3 Å². The minimum absolute atomic E-state index is 0.0570. The lowest BCUT2D eigenvalue weighted by Crippen LogP contribution is -2.32. The van der Waals surface area contributed by atoms with Crippen molar-refractivity contribution in [2.24, 2.45) is 11.8 Å². The first-order valence-corrected chi connectivity index (χ1v) is 11.4. The number of alkyl halides is 3. The van der Waals surface area contributed by atoms with Crippen molar-refractivity contribution < 1.29 is 27.5 Å². The molecule has 1 aliphatic rings. The molecule has 0 aliphatic heterocycles. The number of carbonyl (C=O) groups is 2. The van der Waals surface area contributed by atoms with E-state index in [-0.39, 0.29) is 24.1 Å². The van der Waals surface area contributed by atoms with E-state index >= 15 is 0 Å². The lowest BCUT2D eigenvalue weighted by Gasteiger charge is -2.33. The number of benzene rings is 2. The van der Waals surface area contributed by atoms with Crippen LogP contribution < -0.4 is 4.90 Å². The topological polar surface area (TPSA) is 46.6 Å². The highest BCUT2D eigenvalue weighted by molar-refractivity contribution is 5.85. The van der Waals surface area contributed by atoms with Gasteiger partial charge < -0.3 is 9.64 Å². The molecule has 0 radical (unpaired) electrons. The first-order valence-electron chi connectivity index (χ1n) is 11.4. The quantitative estimate of drug-likeness (QED) is 0.326. The molecule has 178 valence electrons. The van der Waals surface area contributed by atoms with E-state index in [4.69, 9.17) is 4.74 Å². The van der Waals surface area contributed by atoms with E-state index in [0.717, 1.165) is 43.4 Å². The van der Waals surface area contributed by atoms with Crippen molar-refractivity contribution in [1.82, 2.24) is 0 Å². The molecule has 2 aromatic rings. The molecule has 0 N–H and O–H groups in total. The zero-order valence-corrected chi connectivity index (χ0v) is 18.8. The Hall–Kier alpha value is -2.83. The van der Waals surface area contributed by atoms with Gasteiger partial charge in [-0.2, -0.15) is 13.2 Å². The maximum Gasteiger partial charge on any atom is 0.416 e. The average molecular weight is 462 g/mol. The zero-order chi connectivity index (χ0) is 23.8. The van der Waals surface area contributed by atoms with Crippen LogP contribution in [-0.2, 0) is 22.3 Å². The van der Waals surface area contributed by atoms with Crippen molar-refractivity contribution in [3.8, 4) is 0 Å². The van der Waals surface area contributed by atoms with Crippen molar-refractivity contribution in [3.63, 3.8) is 0 Å². The summed E-state index contributed by atoms with van der Waals surface area (Å²) in [6, 6.07) is 12.9. The van der Waals surface area contributed by atoms with Gasteiger partial charge in [0.25, 0.3) is 0 Å². The molecular weight excluding hydrogens is 431 g/mol. The average Bonchev–Trinajstić information content (AvgIpc) is 2.82. The number of anilines is 1. The molecular formula is C26H30F3NO3. The second kappa shape index (κ2) is 11.3. The van der Waals surface area contributed by atoms with Crippen molar-refractivity contribution in [3.05, 3.63) is 65.2 Å². The van der Waals surface area contributed by atoms with Crippen molar-refractivity contribution in [1.29, 1.82) is 0 Å². The number of hydrogen-bond acceptors (Lipinski definition) is 4. The van der Waals surface area contributed by atoms with Gasteiger partial charge >= 0.3 is 12.1 Å². The van der Waals surface area contributed by atoms with E-state index in [1.807, 2.05) is 42.2 Å². The normalized spacial score (nSPS) is 18.5. The number of halogens is 3. The summed E-state index contributed by atoms with van der Waals surface area (Å²) >= 11 is 0. The van der Waals surface area contributed by atoms with Crippen LogP contribution in [0.4, 0.5) is 18.9 Å². The van der Waals surface area contributed by atoms with Crippen molar-refractivity contribution in [2.45, 2.75) is 51.8 Å². The molecule has 2 aromatic carbocycles. The van der Waals surface area contributed by atoms with Gasteiger partial charge in [-0.05, 0) is 68.2 Å². The Balaban J connectivity index is 1.50. The molecule has 0 amide bonds. The first kappa shape index (κ1) is 24.8. The summed E-state index contributed by atoms with van der Waals surface area (Å²) in [7, 11) is 0. The number of esters is 1. The van der Waals surface area contributed by atoms with Crippen LogP contribution in [0.25, 0.3) is 0 Å². The number of rotatable bonds is 9. The van der Waals surface area contributed by atoms with Gasteiger partial charge in [0.05, 0.1) is 5.56 Å². The molecule has 1 fully saturated rings. The fourth-order valence-corrected chi connectivity index (χ4v) is 4.47. The van der Waals surface area contributed by atoms with E-state index in [1.54, 1.807) is 0 Å². The molecule has 0 saturated heterocycles. The predicted octanol–water partition coefficient (Wildman–Crippen LogP) is 6.28. The van der Waals surface area contributed by atoms with Crippen molar-refractivity contribution >= 4 is 17.9 Å². The number of carbonyl (C=O) groups excluding carboxylic acids is 2. The molecule has 0 aromatic heterocycles. The lowest BCUT2D eigenvalue weighted by molar-refractivity contribution is -0.146. The van der Waals surface area contributed by atoms with Crippen LogP contribution in [0.2, 0.25) is 0 Å². The summed E-state index contributed by atoms with van der Waals surface area (Å²) in [6.45, 7) is 3.49. The minimum atomic E-state index is -4.48. The van der Waals surface area contributed by atoms with Crippen LogP contribution in [0.3, 0.4) is 0 Å². The third-order valence-corrected chi connectivity index (χ3v) is 6.35. The predicted molar refractivity (Wildman–Crippen MR) is 121 cm³/mol. The van der Waals surface area contributed by atoms with Gasteiger partial charge in [0, 0.05) is 30.8 Å². The van der Waals surface area contributed by atoms with Gasteiger partial charge in [0.2, 0.25) is 0 Å². The molecule has 0 bridgehead atoms. The van der Waals surface area contributed by atoms with Gasteiger partial charge in [0.15, 0.2) is 6.29 Å². The van der Waals surface area contributed by atoms with Crippen LogP contribution >= 0.6 is 0 Å². The minimum Gasteiger partial charge on any atom is -0.461 e. The van der Waals surface area contributed by atoms with Gasteiger partial charge in [-0.15, -0.1) is 0 Å². The van der Waals surface area contributed by atoms with Crippen LogP contribution in [0.15, 0.2) is 48.5 Å². The molecule has 0 unspecified atom stereocenters. The second-order valence-electron chi connectivity index (χ2n) is 8.66. The van der Waals surface area contributed by atoms with Gasteiger partial charge in [0.1, 0.15) is 6.61 Å². The molecule has 0 atom stereocenters. The Bertz CT molecular complexity index is 922. The lowest BCUT2D eigenvalue weighted by atomic mass is 9.80. The Morgan fingerprint density at radius 1 is 1.06 bits per heavy atom. The summed E-state index contributed by atoms with van der Waals surface area (Å²) in [5.41, 5.74) is 0.741. The standard InChI is InChI=1S/C26H30F3NO3/c1-2-30(24-13-12-23(26(27,28)29)15-22(24)17-31)16-20-10-8-19(9-11-20)14-25(32)33-18-21-6-4-3-5-7-21/h3-7,12-13,15,17,19-20H,2,8-11,14,16,18H2,1H3. The molecule has 3 rings (SSSR count). The smallest absolute Gasteiger partial charge is 0.416 e. The molecule has 1 aliphatic carbocycles. The second-order valence-corrected chi connectivity index (χ2v) is 8.66. The summed E-state index contributed by atoms with van der Waals surface area (Å²) in [5.74, 6) is 0.470. The van der Waals surface area contributed by atoms with Crippen LogP contribution in [-0.4, -0.2) is 25.3 Å². The van der Waals surface area contributed by atoms with E-state index in [2.05, 4.69) is 0 Å². The Kier molecular flexibility index (Phi) is 8.53. The van der Waals surface area contributed by atoms with Gasteiger partial charge in [-0.3, -0.25) is 9.59 Å². The molecule has 1 saturated carbocycles. The van der Waals surface area contributed by atoms with Gasteiger partial charge in [-0.25, -0.2) is 0 Å². The summed E-state index contributed by atoms with van der Waals surface area (Å²) in [4.78, 5) is 25.6. The van der Waals surface area contributed by atoms with E-state index in [1.165, 1.54) is 6.07 Å². The first-order chi connectivity index (χ1) is 15.8. The number of aldehydes is 1. The number of nitrogens with zero attached hydrogens (tertiary/aromatic N) is 1. The molecule has 0 heterocycles. The molecule has 7 heteroatoms. The maximum atomic E-state index is 13.0. The number of ether oxygens (including phenoxy) is 1. The van der Waals surface area contributed by atoms with E-state index in [9.17, 15) is 22.8 Å². The van der Waals surface area contributed by atoms with Crippen LogP contribution in [0, 0.1) is 11.8 Å². The van der Waals surface area contributed by atoms with E-state index < -0.39 is 11.7 Å². The fourth-order valence-electron chi connectivity index (χ4n) is 4.47. The SMILES string of the molecule is CCN(CC1CCC(CC(=O)OCc2ccccc2)CC1)c1ccc(C(F)(F)F)cc1C=O. The van der Waals surface area contributed by atoms with Crippen LogP contribution in [0.5, 0.6) is 0 Å². The molecule has 4 nitrogen and oxygen atoms in total. The molecule has 0 spiro atoms. The highest BCUT2D eigenvalue weighted by atomic mass is 19.4. The van der Waals surface area contributed by atoms with Crippen molar-refractivity contribution in [2.75, 3.05) is 18.0 Å². The monoisotopic (exact) mass is 461 g/mol. The van der Waals surface area contributed by atoms with Crippen LogP contribution in [0.1, 0.15) is 60.5 Å². The summed E-state index contributed by atoms with van der Waals surface area (Å²) in [6.07, 6.45) is 0.116. The fraction of sp³-hybridized carbons (Fsp3) is 0.462. The Morgan fingerprint density at radius 3 is 2.33 bits per heavy atom. The number of hydrogen-bond donors (Lipinski definition) is 0. The maximum absolute atomic E-state index is 13.0. The Morgan fingerprint density at radius 2 is 1.73 bits per heavy atom. The third kappa shape index (κ3) is 7.07. The zero-order valence-electron chi connectivity index (χ0n) is 18.8.